The van der Waals surface area contributed by atoms with Gasteiger partial charge in [0.2, 0.25) is 5.91 Å². The van der Waals surface area contributed by atoms with Crippen LogP contribution in [0.1, 0.15) is 5.56 Å². The van der Waals surface area contributed by atoms with E-state index in [-0.39, 0.29) is 18.2 Å². The van der Waals surface area contributed by atoms with Crippen molar-refractivity contribution < 1.29 is 23.0 Å². The van der Waals surface area contributed by atoms with Gasteiger partial charge in [-0.3, -0.25) is 4.79 Å². The van der Waals surface area contributed by atoms with Crippen molar-refractivity contribution in [2.75, 3.05) is 20.2 Å². The van der Waals surface area contributed by atoms with Gasteiger partial charge in [-0.2, -0.15) is 8.78 Å². The molecule has 1 unspecified atom stereocenters. The second kappa shape index (κ2) is 8.44. The predicted molar refractivity (Wildman–Crippen MR) is 69.6 cm³/mol. The molecule has 1 rings (SSSR count). The van der Waals surface area contributed by atoms with E-state index in [9.17, 15) is 13.6 Å². The van der Waals surface area contributed by atoms with E-state index >= 15 is 0 Å². The van der Waals surface area contributed by atoms with E-state index in [1.807, 2.05) is 0 Å². The SMILES string of the molecule is COC(CN)C(=O)NCCc1ccc(OC(F)F)cc1. The zero-order valence-corrected chi connectivity index (χ0v) is 11.1. The molecule has 3 N–H and O–H groups in total. The van der Waals surface area contributed by atoms with E-state index < -0.39 is 12.7 Å². The Morgan fingerprint density at radius 2 is 2.00 bits per heavy atom. The smallest absolute Gasteiger partial charge is 0.387 e. The number of halogens is 2. The van der Waals surface area contributed by atoms with Crippen molar-refractivity contribution in [3.8, 4) is 5.75 Å². The van der Waals surface area contributed by atoms with Crippen molar-refractivity contribution in [1.29, 1.82) is 0 Å². The standard InChI is InChI=1S/C13H18F2N2O3/c1-19-11(8-16)12(18)17-7-6-9-2-4-10(5-3-9)20-13(14)15/h2-5,11,13H,6-8,16H2,1H3,(H,17,18). The van der Waals surface area contributed by atoms with Gasteiger partial charge in [0.05, 0.1) is 0 Å². The molecule has 20 heavy (non-hydrogen) atoms. The number of ether oxygens (including phenoxy) is 2. The zero-order valence-electron chi connectivity index (χ0n) is 11.1. The molecule has 5 nitrogen and oxygen atoms in total. The van der Waals surface area contributed by atoms with Crippen LogP contribution >= 0.6 is 0 Å². The van der Waals surface area contributed by atoms with E-state index in [0.29, 0.717) is 13.0 Å². The number of nitrogens with one attached hydrogen (secondary N) is 1. The molecule has 0 fully saturated rings. The van der Waals surface area contributed by atoms with Gasteiger partial charge in [-0.1, -0.05) is 12.1 Å². The fourth-order valence-corrected chi connectivity index (χ4v) is 1.59. The van der Waals surface area contributed by atoms with Gasteiger partial charge >= 0.3 is 6.61 Å². The lowest BCUT2D eigenvalue weighted by atomic mass is 10.1. The third kappa shape index (κ3) is 5.50. The van der Waals surface area contributed by atoms with E-state index in [4.69, 9.17) is 10.5 Å². The van der Waals surface area contributed by atoms with Gasteiger partial charge in [-0.15, -0.1) is 0 Å². The van der Waals surface area contributed by atoms with Gasteiger partial charge < -0.3 is 20.5 Å². The Morgan fingerprint density at radius 1 is 1.35 bits per heavy atom. The number of hydrogen-bond donors (Lipinski definition) is 2. The summed E-state index contributed by atoms with van der Waals surface area (Å²) >= 11 is 0. The molecule has 0 saturated heterocycles. The summed E-state index contributed by atoms with van der Waals surface area (Å²) < 4.78 is 33.1. The van der Waals surface area contributed by atoms with Crippen molar-refractivity contribution in [3.63, 3.8) is 0 Å². The lowest BCUT2D eigenvalue weighted by molar-refractivity contribution is -0.130. The average Bonchev–Trinajstić information content (AvgIpc) is 2.41. The number of methoxy groups -OCH3 is 1. The number of alkyl halides is 2. The van der Waals surface area contributed by atoms with E-state index in [2.05, 4.69) is 10.1 Å². The van der Waals surface area contributed by atoms with Crippen LogP contribution in [0.2, 0.25) is 0 Å². The summed E-state index contributed by atoms with van der Waals surface area (Å²) in [6, 6.07) is 6.25. The maximum Gasteiger partial charge on any atom is 0.387 e. The molecule has 1 aromatic carbocycles. The largest absolute Gasteiger partial charge is 0.435 e. The first-order valence-electron chi connectivity index (χ1n) is 6.11. The quantitative estimate of drug-likeness (QED) is 0.746. The highest BCUT2D eigenvalue weighted by atomic mass is 19.3. The minimum atomic E-state index is -2.83. The molecular weight excluding hydrogens is 270 g/mol. The first kappa shape index (κ1) is 16.3. The van der Waals surface area contributed by atoms with Gasteiger partial charge in [0.1, 0.15) is 11.9 Å². The van der Waals surface area contributed by atoms with Crippen LogP contribution in [0.15, 0.2) is 24.3 Å². The van der Waals surface area contributed by atoms with Crippen LogP contribution < -0.4 is 15.8 Å². The Morgan fingerprint density at radius 3 is 2.50 bits per heavy atom. The van der Waals surface area contributed by atoms with E-state index in [1.165, 1.54) is 19.2 Å². The summed E-state index contributed by atoms with van der Waals surface area (Å²) in [6.45, 7) is -2.31. The molecule has 0 bridgehead atoms. The second-order valence-electron chi connectivity index (χ2n) is 4.02. The number of nitrogens with two attached hydrogens (primary N) is 1. The summed E-state index contributed by atoms with van der Waals surface area (Å²) in [6.07, 6.45) is -0.0846. The molecule has 0 aliphatic carbocycles. The molecule has 112 valence electrons. The fourth-order valence-electron chi connectivity index (χ4n) is 1.59. The fraction of sp³-hybridized carbons (Fsp3) is 0.462. The molecule has 1 atom stereocenters. The summed E-state index contributed by atoms with van der Waals surface area (Å²) in [7, 11) is 1.42. The van der Waals surface area contributed by atoms with Crippen LogP contribution in [0, 0.1) is 0 Å². The number of benzene rings is 1. The molecule has 0 spiro atoms. The van der Waals surface area contributed by atoms with Crippen molar-refractivity contribution in [2.24, 2.45) is 5.73 Å². The number of carbonyl (C=O) groups is 1. The Kier molecular flexibility index (Phi) is 6.89. The maximum atomic E-state index is 12.0. The second-order valence-corrected chi connectivity index (χ2v) is 4.02. The van der Waals surface area contributed by atoms with Gasteiger partial charge in [0.15, 0.2) is 0 Å². The van der Waals surface area contributed by atoms with Crippen LogP contribution in [0.5, 0.6) is 5.75 Å². The van der Waals surface area contributed by atoms with E-state index in [1.54, 1.807) is 12.1 Å². The molecule has 7 heteroatoms. The summed E-state index contributed by atoms with van der Waals surface area (Å²) in [5.41, 5.74) is 6.26. The van der Waals surface area contributed by atoms with Gasteiger partial charge in [0, 0.05) is 20.2 Å². The Bertz CT molecular complexity index is 409. The third-order valence-electron chi connectivity index (χ3n) is 2.65. The van der Waals surface area contributed by atoms with Gasteiger partial charge in [0.25, 0.3) is 0 Å². The Balaban J connectivity index is 2.37. The van der Waals surface area contributed by atoms with Gasteiger partial charge in [-0.25, -0.2) is 0 Å². The van der Waals surface area contributed by atoms with Crippen molar-refractivity contribution in [1.82, 2.24) is 5.32 Å². The molecular formula is C13H18F2N2O3. The lowest BCUT2D eigenvalue weighted by Crippen LogP contribution is -2.41. The predicted octanol–water partition coefficient (Wildman–Crippen LogP) is 0.920. The summed E-state index contributed by atoms with van der Waals surface area (Å²) in [5, 5.41) is 2.68. The topological polar surface area (TPSA) is 73.6 Å². The molecule has 0 aliphatic heterocycles. The Labute approximate surface area is 116 Å². The maximum absolute atomic E-state index is 12.0. The first-order chi connectivity index (χ1) is 9.56. The summed E-state index contributed by atoms with van der Waals surface area (Å²) in [5.74, 6) is -0.164. The zero-order chi connectivity index (χ0) is 15.0. The van der Waals surface area contributed by atoms with Crippen LogP contribution in [-0.4, -0.2) is 38.8 Å². The van der Waals surface area contributed by atoms with Crippen molar-refractivity contribution >= 4 is 5.91 Å². The van der Waals surface area contributed by atoms with Crippen LogP contribution in [0.3, 0.4) is 0 Å². The first-order valence-corrected chi connectivity index (χ1v) is 6.11. The van der Waals surface area contributed by atoms with Crippen molar-refractivity contribution in [3.05, 3.63) is 29.8 Å². The van der Waals surface area contributed by atoms with Gasteiger partial charge in [-0.05, 0) is 24.1 Å². The molecule has 0 radical (unpaired) electrons. The molecule has 0 heterocycles. The summed E-state index contributed by atoms with van der Waals surface area (Å²) in [4.78, 5) is 11.6. The van der Waals surface area contributed by atoms with Crippen LogP contribution in [0.25, 0.3) is 0 Å². The van der Waals surface area contributed by atoms with E-state index in [0.717, 1.165) is 5.56 Å². The molecule has 1 aromatic rings. The number of rotatable bonds is 8. The molecule has 0 saturated carbocycles. The highest BCUT2D eigenvalue weighted by Gasteiger charge is 2.14. The monoisotopic (exact) mass is 288 g/mol. The number of hydrogen-bond acceptors (Lipinski definition) is 4. The Hall–Kier alpha value is -1.73. The molecule has 0 aromatic heterocycles. The number of amides is 1. The highest BCUT2D eigenvalue weighted by Crippen LogP contribution is 2.14. The normalized spacial score (nSPS) is 12.2. The highest BCUT2D eigenvalue weighted by molar-refractivity contribution is 5.80. The van der Waals surface area contributed by atoms with Crippen molar-refractivity contribution in [2.45, 2.75) is 19.1 Å². The van der Waals surface area contributed by atoms with Crippen LogP contribution in [0.4, 0.5) is 8.78 Å². The lowest BCUT2D eigenvalue weighted by Gasteiger charge is -2.13. The van der Waals surface area contributed by atoms with Crippen LogP contribution in [-0.2, 0) is 16.0 Å². The number of carbonyl (C=O) groups excluding carboxylic acids is 1. The molecule has 0 aliphatic rings. The molecule has 1 amide bonds. The minimum absolute atomic E-state index is 0.107. The average molecular weight is 288 g/mol. The third-order valence-corrected chi connectivity index (χ3v) is 2.65. The minimum Gasteiger partial charge on any atom is -0.435 e.